The molecular weight excluding hydrogens is 229 g/mol. The van der Waals surface area contributed by atoms with Gasteiger partial charge in [0.2, 0.25) is 0 Å². The van der Waals surface area contributed by atoms with E-state index in [1.165, 1.54) is 0 Å². The molecule has 0 aliphatic heterocycles. The molecule has 1 N–H and O–H groups in total. The normalized spacial score (nSPS) is 14.8. The summed E-state index contributed by atoms with van der Waals surface area (Å²) in [5.74, 6) is 0.483. The van der Waals surface area contributed by atoms with E-state index in [4.69, 9.17) is 16.3 Å². The largest absolute Gasteiger partial charge is 0.375 e. The Hall–Kier alpha value is -0.640. The highest BCUT2D eigenvalue weighted by molar-refractivity contribution is 6.17. The Kier molecular flexibility index (Phi) is 5.74. The highest BCUT2D eigenvalue weighted by Gasteiger charge is 2.21. The number of halogens is 2. The summed E-state index contributed by atoms with van der Waals surface area (Å²) in [5, 5.41) is 2.90. The molecule has 0 aromatic heterocycles. The average Bonchev–Trinajstić information content (AvgIpc) is 2.36. The van der Waals surface area contributed by atoms with Crippen molar-refractivity contribution in [1.82, 2.24) is 5.32 Å². The summed E-state index contributed by atoms with van der Waals surface area (Å²) in [6.45, 7) is -0.466. The van der Waals surface area contributed by atoms with Gasteiger partial charge in [0, 0.05) is 13.0 Å². The number of methoxy groups -OCH3 is 1. The molecule has 90 valence electrons. The lowest BCUT2D eigenvalue weighted by atomic mass is 10.0. The minimum atomic E-state index is -0.466. The maximum absolute atomic E-state index is 12.8. The van der Waals surface area contributed by atoms with Crippen molar-refractivity contribution >= 4 is 11.6 Å². The number of hydrogen-bond donors (Lipinski definition) is 1. The van der Waals surface area contributed by atoms with Crippen LogP contribution in [0.2, 0.25) is 0 Å². The molecule has 1 rings (SSSR count). The molecule has 0 bridgehead atoms. The molecule has 2 nitrogen and oxygen atoms in total. The lowest BCUT2D eigenvalue weighted by molar-refractivity contribution is 0.0615. The molecular formula is C12H17ClFNO. The lowest BCUT2D eigenvalue weighted by Gasteiger charge is -2.23. The van der Waals surface area contributed by atoms with Crippen molar-refractivity contribution in [3.05, 3.63) is 35.4 Å². The van der Waals surface area contributed by atoms with Crippen molar-refractivity contribution in [2.45, 2.75) is 18.0 Å². The summed E-state index contributed by atoms with van der Waals surface area (Å²) in [5.41, 5.74) is 2.00. The fourth-order valence-corrected chi connectivity index (χ4v) is 1.82. The molecule has 0 aliphatic carbocycles. The molecule has 0 radical (unpaired) electrons. The van der Waals surface area contributed by atoms with Gasteiger partial charge in [0.15, 0.2) is 0 Å². The molecule has 1 aromatic carbocycles. The summed E-state index contributed by atoms with van der Waals surface area (Å²) in [6, 6.07) is 7.38. The Morgan fingerprint density at radius 1 is 1.38 bits per heavy atom. The number of rotatable bonds is 6. The van der Waals surface area contributed by atoms with E-state index in [1.54, 1.807) is 14.2 Å². The molecule has 1 aromatic rings. The summed E-state index contributed by atoms with van der Waals surface area (Å²) in [7, 11) is 3.31. The molecule has 0 heterocycles. The Balaban J connectivity index is 2.85. The quantitative estimate of drug-likeness (QED) is 0.778. The highest BCUT2D eigenvalue weighted by atomic mass is 35.5. The van der Waals surface area contributed by atoms with Crippen LogP contribution in [-0.2, 0) is 10.6 Å². The Morgan fingerprint density at radius 3 is 2.38 bits per heavy atom. The van der Waals surface area contributed by atoms with Crippen LogP contribution >= 0.6 is 11.6 Å². The minimum Gasteiger partial charge on any atom is -0.375 e. The van der Waals surface area contributed by atoms with Gasteiger partial charge in [-0.25, -0.2) is 4.39 Å². The van der Waals surface area contributed by atoms with Gasteiger partial charge in [-0.2, -0.15) is 0 Å². The molecule has 2 atom stereocenters. The van der Waals surface area contributed by atoms with Crippen LogP contribution in [0, 0.1) is 0 Å². The third-order valence-electron chi connectivity index (χ3n) is 2.62. The van der Waals surface area contributed by atoms with E-state index in [1.807, 2.05) is 24.3 Å². The molecule has 0 spiro atoms. The third-order valence-corrected chi connectivity index (χ3v) is 2.93. The molecule has 0 saturated heterocycles. The van der Waals surface area contributed by atoms with Crippen molar-refractivity contribution in [2.24, 2.45) is 0 Å². The summed E-state index contributed by atoms with van der Waals surface area (Å²) < 4.78 is 18.1. The standard InChI is InChI=1S/C12H17ClFNO/c1-15-11(8-14)12(16-2)10-5-3-9(7-13)4-6-10/h3-6,11-12,15H,7-8H2,1-2H3. The SMILES string of the molecule is CNC(CF)C(OC)c1ccc(CCl)cc1. The number of likely N-dealkylation sites (N-methyl/N-ethyl adjacent to an activating group) is 1. The maximum atomic E-state index is 12.8. The Labute approximate surface area is 101 Å². The van der Waals surface area contributed by atoms with Crippen molar-refractivity contribution < 1.29 is 9.13 Å². The van der Waals surface area contributed by atoms with Crippen LogP contribution in [0.15, 0.2) is 24.3 Å². The van der Waals surface area contributed by atoms with Gasteiger partial charge in [0.25, 0.3) is 0 Å². The van der Waals surface area contributed by atoms with Crippen LogP contribution < -0.4 is 5.32 Å². The zero-order valence-corrected chi connectivity index (χ0v) is 10.3. The minimum absolute atomic E-state index is 0.278. The first kappa shape index (κ1) is 13.4. The number of nitrogens with one attached hydrogen (secondary N) is 1. The second-order valence-electron chi connectivity index (χ2n) is 3.58. The predicted molar refractivity (Wildman–Crippen MR) is 64.6 cm³/mol. The first-order chi connectivity index (χ1) is 7.76. The molecule has 0 saturated carbocycles. The average molecular weight is 246 g/mol. The number of ether oxygens (including phenoxy) is 1. The zero-order valence-electron chi connectivity index (χ0n) is 9.54. The van der Waals surface area contributed by atoms with E-state index < -0.39 is 6.67 Å². The van der Waals surface area contributed by atoms with Crippen molar-refractivity contribution in [3.8, 4) is 0 Å². The second kappa shape index (κ2) is 6.84. The van der Waals surface area contributed by atoms with Crippen LogP contribution in [0.3, 0.4) is 0 Å². The van der Waals surface area contributed by atoms with Gasteiger partial charge < -0.3 is 10.1 Å². The van der Waals surface area contributed by atoms with Crippen molar-refractivity contribution in [3.63, 3.8) is 0 Å². The first-order valence-corrected chi connectivity index (χ1v) is 5.71. The van der Waals surface area contributed by atoms with Crippen LogP contribution in [-0.4, -0.2) is 26.9 Å². The van der Waals surface area contributed by atoms with Crippen LogP contribution in [0.25, 0.3) is 0 Å². The van der Waals surface area contributed by atoms with E-state index >= 15 is 0 Å². The van der Waals surface area contributed by atoms with Gasteiger partial charge in [-0.05, 0) is 18.2 Å². The van der Waals surface area contributed by atoms with Gasteiger partial charge in [-0.1, -0.05) is 24.3 Å². The smallest absolute Gasteiger partial charge is 0.108 e. The van der Waals surface area contributed by atoms with E-state index in [-0.39, 0.29) is 12.1 Å². The van der Waals surface area contributed by atoms with Crippen LogP contribution in [0.5, 0.6) is 0 Å². The monoisotopic (exact) mass is 245 g/mol. The van der Waals surface area contributed by atoms with E-state index in [0.29, 0.717) is 5.88 Å². The lowest BCUT2D eigenvalue weighted by Crippen LogP contribution is -2.35. The van der Waals surface area contributed by atoms with Gasteiger partial charge >= 0.3 is 0 Å². The zero-order chi connectivity index (χ0) is 12.0. The molecule has 0 amide bonds. The third kappa shape index (κ3) is 3.17. The second-order valence-corrected chi connectivity index (χ2v) is 3.85. The van der Waals surface area contributed by atoms with E-state index in [2.05, 4.69) is 5.32 Å². The van der Waals surface area contributed by atoms with Gasteiger partial charge in [-0.3, -0.25) is 0 Å². The van der Waals surface area contributed by atoms with Crippen molar-refractivity contribution in [2.75, 3.05) is 20.8 Å². The maximum Gasteiger partial charge on any atom is 0.108 e. The van der Waals surface area contributed by atoms with Gasteiger partial charge in [-0.15, -0.1) is 11.6 Å². The fraction of sp³-hybridized carbons (Fsp3) is 0.500. The number of benzene rings is 1. The first-order valence-electron chi connectivity index (χ1n) is 5.17. The Morgan fingerprint density at radius 2 is 2.00 bits per heavy atom. The van der Waals surface area contributed by atoms with Crippen molar-refractivity contribution in [1.29, 1.82) is 0 Å². The van der Waals surface area contributed by atoms with E-state index in [0.717, 1.165) is 11.1 Å². The van der Waals surface area contributed by atoms with Crippen LogP contribution in [0.1, 0.15) is 17.2 Å². The summed E-state index contributed by atoms with van der Waals surface area (Å²) in [4.78, 5) is 0. The predicted octanol–water partition coefficient (Wildman–Crippen LogP) is 2.67. The molecule has 0 fully saturated rings. The fourth-order valence-electron chi connectivity index (χ4n) is 1.64. The van der Waals surface area contributed by atoms with Gasteiger partial charge in [0.05, 0.1) is 12.1 Å². The highest BCUT2D eigenvalue weighted by Crippen LogP contribution is 2.21. The number of alkyl halides is 2. The van der Waals surface area contributed by atoms with Gasteiger partial charge in [0.1, 0.15) is 6.67 Å². The number of hydrogen-bond acceptors (Lipinski definition) is 2. The summed E-state index contributed by atoms with van der Waals surface area (Å²) >= 11 is 5.71. The summed E-state index contributed by atoms with van der Waals surface area (Å²) in [6.07, 6.45) is -0.278. The topological polar surface area (TPSA) is 21.3 Å². The van der Waals surface area contributed by atoms with E-state index in [9.17, 15) is 4.39 Å². The molecule has 2 unspecified atom stereocenters. The molecule has 0 aliphatic rings. The Bertz CT molecular complexity index is 300. The van der Waals surface area contributed by atoms with Crippen LogP contribution in [0.4, 0.5) is 4.39 Å². The molecule has 4 heteroatoms. The molecule has 16 heavy (non-hydrogen) atoms.